The fourth-order valence-corrected chi connectivity index (χ4v) is 10.0. The molecule has 0 unspecified atom stereocenters. The van der Waals surface area contributed by atoms with Gasteiger partial charge in [-0.05, 0) is 12.8 Å². The van der Waals surface area contributed by atoms with E-state index >= 15 is 0 Å². The molecule has 0 atom stereocenters. The minimum absolute atomic E-state index is 0.288. The number of phosphoric acid groups is 1. The zero-order valence-corrected chi connectivity index (χ0v) is 24.3. The molecule has 4 nitrogen and oxygen atoms in total. The summed E-state index contributed by atoms with van der Waals surface area (Å²) < 4.78 is 20.5. The van der Waals surface area contributed by atoms with Crippen molar-refractivity contribution in [3.05, 3.63) is 121 Å². The summed E-state index contributed by atoms with van der Waals surface area (Å²) in [6.45, 7) is 4.56. The Morgan fingerprint density at radius 1 is 0.553 bits per heavy atom. The third kappa shape index (κ3) is 8.21. The number of hydrogen-bond donors (Lipinski definition) is 1. The Balaban J connectivity index is 0.000000263. The molecule has 0 fully saturated rings. The van der Waals surface area contributed by atoms with Crippen LogP contribution in [0, 0.1) is 0 Å². The first-order chi connectivity index (χ1) is 18.5. The van der Waals surface area contributed by atoms with Gasteiger partial charge in [0.1, 0.15) is 0 Å². The molecule has 4 rings (SSSR count). The summed E-state index contributed by atoms with van der Waals surface area (Å²) in [6.07, 6.45) is 3.44. The molecule has 38 heavy (non-hydrogen) atoms. The molecule has 0 aliphatic rings. The van der Waals surface area contributed by atoms with Gasteiger partial charge in [0.05, 0.1) is 13.2 Å². The van der Waals surface area contributed by atoms with Gasteiger partial charge in [-0.3, -0.25) is 9.05 Å². The van der Waals surface area contributed by atoms with Crippen molar-refractivity contribution in [2.45, 2.75) is 39.5 Å². The molecule has 0 aliphatic carbocycles. The van der Waals surface area contributed by atoms with E-state index in [9.17, 15) is 4.57 Å². The van der Waals surface area contributed by atoms with Crippen molar-refractivity contribution in [2.75, 3.05) is 13.2 Å². The Morgan fingerprint density at radius 2 is 0.816 bits per heavy atom. The second-order valence-corrected chi connectivity index (χ2v) is 14.3. The quantitative estimate of drug-likeness (QED) is 0.156. The molecule has 202 valence electrons. The molecule has 0 aliphatic heterocycles. The van der Waals surface area contributed by atoms with Gasteiger partial charge in [-0.25, -0.2) is 4.57 Å². The van der Waals surface area contributed by atoms with E-state index < -0.39 is 15.1 Å². The fraction of sp³-hybridized carbons (Fsp3) is 0.250. The number of hydrogen-bond acceptors (Lipinski definition) is 3. The van der Waals surface area contributed by atoms with Crippen LogP contribution in [0.25, 0.3) is 0 Å². The first-order valence-corrected chi connectivity index (χ1v) is 16.9. The van der Waals surface area contributed by atoms with Crippen LogP contribution in [0.1, 0.15) is 39.5 Å². The summed E-state index contributed by atoms with van der Waals surface area (Å²) in [7, 11) is -6.05. The Bertz CT molecular complexity index is 1040. The average molecular weight is 551 g/mol. The molecule has 4 aromatic rings. The summed E-state index contributed by atoms with van der Waals surface area (Å²) in [5.74, 6) is 0. The minimum atomic E-state index is -3.75. The molecular formula is C32H40O4P2. The molecule has 0 saturated heterocycles. The Labute approximate surface area is 228 Å². The van der Waals surface area contributed by atoms with Crippen LogP contribution < -0.4 is 21.2 Å². The molecule has 0 saturated carbocycles. The van der Waals surface area contributed by atoms with Crippen LogP contribution in [0.5, 0.6) is 0 Å². The van der Waals surface area contributed by atoms with Crippen molar-refractivity contribution in [2.24, 2.45) is 0 Å². The van der Waals surface area contributed by atoms with E-state index in [0.717, 1.165) is 25.7 Å². The monoisotopic (exact) mass is 550 g/mol. The Kier molecular flexibility index (Phi) is 12.4. The fourth-order valence-electron chi connectivity index (χ4n) is 4.44. The summed E-state index contributed by atoms with van der Waals surface area (Å²) in [5, 5.41) is 5.66. The van der Waals surface area contributed by atoms with Gasteiger partial charge in [0.15, 0.2) is 0 Å². The van der Waals surface area contributed by atoms with Gasteiger partial charge in [-0.15, -0.1) is 0 Å². The predicted octanol–water partition coefficient (Wildman–Crippen LogP) is 6.76. The summed E-state index contributed by atoms with van der Waals surface area (Å²) >= 11 is 0. The van der Waals surface area contributed by atoms with Crippen LogP contribution in [0.2, 0.25) is 0 Å². The molecule has 1 N–H and O–H groups in total. The molecule has 0 aromatic heterocycles. The number of rotatable bonds is 12. The average Bonchev–Trinajstić information content (AvgIpc) is 2.96. The molecule has 6 heteroatoms. The molecular weight excluding hydrogens is 510 g/mol. The summed E-state index contributed by atoms with van der Waals surface area (Å²) in [4.78, 5) is 9.08. The van der Waals surface area contributed by atoms with Gasteiger partial charge in [-0.1, -0.05) is 26.7 Å². The normalized spacial score (nSPS) is 11.9. The molecule has 0 amide bonds. The zero-order chi connectivity index (χ0) is 27.1. The van der Waals surface area contributed by atoms with Crippen molar-refractivity contribution in [3.8, 4) is 0 Å². The van der Waals surface area contributed by atoms with E-state index in [1.807, 2.05) is 13.8 Å². The third-order valence-electron chi connectivity index (χ3n) is 6.33. The van der Waals surface area contributed by atoms with Crippen molar-refractivity contribution < 1.29 is 18.5 Å². The van der Waals surface area contributed by atoms with E-state index in [2.05, 4.69) is 121 Å². The van der Waals surface area contributed by atoms with Crippen LogP contribution in [0.3, 0.4) is 0 Å². The second-order valence-electron chi connectivity index (χ2n) is 9.06. The number of phosphoric ester groups is 1. The van der Waals surface area contributed by atoms with Crippen molar-refractivity contribution in [3.63, 3.8) is 0 Å². The van der Waals surface area contributed by atoms with Crippen molar-refractivity contribution >= 4 is 36.3 Å². The maximum atomic E-state index is 11.1. The first-order valence-electron chi connectivity index (χ1n) is 13.4. The summed E-state index contributed by atoms with van der Waals surface area (Å²) in [6, 6.07) is 44.0. The maximum absolute atomic E-state index is 11.1. The van der Waals surface area contributed by atoms with Crippen molar-refractivity contribution in [1.82, 2.24) is 0 Å². The first kappa shape index (κ1) is 30.0. The van der Waals surface area contributed by atoms with Crippen LogP contribution >= 0.6 is 15.1 Å². The second kappa shape index (κ2) is 15.7. The van der Waals surface area contributed by atoms with E-state index in [1.54, 1.807) is 0 Å². The summed E-state index contributed by atoms with van der Waals surface area (Å²) in [5.41, 5.74) is 0. The predicted molar refractivity (Wildman–Crippen MR) is 164 cm³/mol. The Hall–Kier alpha value is -2.58. The van der Waals surface area contributed by atoms with Crippen LogP contribution in [-0.2, 0) is 13.6 Å². The van der Waals surface area contributed by atoms with E-state index in [4.69, 9.17) is 13.9 Å². The van der Waals surface area contributed by atoms with E-state index in [0.29, 0.717) is 0 Å². The van der Waals surface area contributed by atoms with Crippen LogP contribution in [0.15, 0.2) is 121 Å². The topological polar surface area (TPSA) is 55.8 Å². The van der Waals surface area contributed by atoms with Gasteiger partial charge in [-0.2, -0.15) is 0 Å². The van der Waals surface area contributed by atoms with Gasteiger partial charge in [0.2, 0.25) is 0 Å². The van der Waals surface area contributed by atoms with Crippen molar-refractivity contribution in [1.29, 1.82) is 0 Å². The molecule has 0 bridgehead atoms. The van der Waals surface area contributed by atoms with Crippen LogP contribution in [0.4, 0.5) is 0 Å². The number of benzene rings is 4. The van der Waals surface area contributed by atoms with E-state index in [1.165, 1.54) is 21.2 Å². The molecule has 0 radical (unpaired) electrons. The van der Waals surface area contributed by atoms with E-state index in [-0.39, 0.29) is 13.2 Å². The van der Waals surface area contributed by atoms with Crippen LogP contribution in [-0.4, -0.2) is 18.1 Å². The number of unbranched alkanes of at least 4 members (excludes halogenated alkanes) is 2. The molecule has 0 heterocycles. The van der Waals surface area contributed by atoms with Gasteiger partial charge in [0, 0.05) is 0 Å². The SMILES string of the molecule is CCCCOP(=O)(O)OCCCC.c1ccc([PH](c2ccccc2)(c2ccccc2)c2ccccc2)cc1. The molecule has 4 aromatic carbocycles. The van der Waals surface area contributed by atoms with Gasteiger partial charge in [0.25, 0.3) is 0 Å². The Morgan fingerprint density at radius 3 is 1.05 bits per heavy atom. The van der Waals surface area contributed by atoms with Gasteiger partial charge < -0.3 is 4.89 Å². The zero-order valence-electron chi connectivity index (χ0n) is 22.4. The molecule has 0 spiro atoms. The van der Waals surface area contributed by atoms with Gasteiger partial charge >= 0.3 is 158 Å². The third-order valence-corrected chi connectivity index (χ3v) is 12.1. The standard InChI is InChI=1S/C24H21P.C8H19O4P/c1-5-13-21(14-6-1)25(22-15-7-2-8-16-22,23-17-9-3-10-18-23)24-19-11-4-12-20-24;1-3-5-7-11-13(9,10)12-8-6-4-2/h1-20,25H;3-8H2,1-2H3,(H,9,10).